The zero-order chi connectivity index (χ0) is 26.0. The lowest BCUT2D eigenvalue weighted by Gasteiger charge is -2.33. The van der Waals surface area contributed by atoms with Crippen molar-refractivity contribution in [2.24, 2.45) is 5.41 Å². The number of benzene rings is 1. The molecular formula is C27H30ClN9. The molecule has 1 aliphatic rings. The normalized spacial score (nSPS) is 14.5. The highest BCUT2D eigenvalue weighted by Crippen LogP contribution is 2.27. The minimum absolute atomic E-state index is 0.169. The van der Waals surface area contributed by atoms with Crippen molar-refractivity contribution >= 4 is 45.9 Å². The number of rotatable bonds is 6. The topological polar surface area (TPSA) is 108 Å². The monoisotopic (exact) mass is 515 g/mol. The van der Waals surface area contributed by atoms with Gasteiger partial charge in [-0.05, 0) is 48.6 Å². The fourth-order valence-electron chi connectivity index (χ4n) is 4.52. The van der Waals surface area contributed by atoms with Gasteiger partial charge in [-0.2, -0.15) is 10.2 Å². The zero-order valence-corrected chi connectivity index (χ0v) is 22.0. The van der Waals surface area contributed by atoms with Crippen LogP contribution < -0.4 is 15.5 Å². The summed E-state index contributed by atoms with van der Waals surface area (Å²) < 4.78 is 2.18. The molecule has 0 unspecified atom stereocenters. The van der Waals surface area contributed by atoms with Crippen LogP contribution in [0, 0.1) is 16.7 Å². The van der Waals surface area contributed by atoms with Crippen molar-refractivity contribution in [1.29, 1.82) is 5.26 Å². The van der Waals surface area contributed by atoms with Gasteiger partial charge >= 0.3 is 0 Å². The van der Waals surface area contributed by atoms with Gasteiger partial charge in [0.05, 0.1) is 29.1 Å². The Kier molecular flexibility index (Phi) is 6.85. The highest BCUT2D eigenvalue weighted by Gasteiger charge is 2.21. The average Bonchev–Trinajstić information content (AvgIpc) is 3.27. The molecule has 0 atom stereocenters. The van der Waals surface area contributed by atoms with Crippen molar-refractivity contribution < 1.29 is 0 Å². The number of pyridine rings is 1. The lowest BCUT2D eigenvalue weighted by molar-refractivity contribution is 0.348. The zero-order valence-electron chi connectivity index (χ0n) is 21.2. The van der Waals surface area contributed by atoms with Gasteiger partial charge in [0.15, 0.2) is 5.82 Å². The van der Waals surface area contributed by atoms with Crippen molar-refractivity contribution in [3.63, 3.8) is 0 Å². The van der Waals surface area contributed by atoms with Crippen molar-refractivity contribution in [2.45, 2.75) is 46.2 Å². The Hall–Kier alpha value is -3.90. The summed E-state index contributed by atoms with van der Waals surface area (Å²) in [5.74, 6) is 1.98. The molecule has 0 aliphatic carbocycles. The van der Waals surface area contributed by atoms with E-state index in [-0.39, 0.29) is 11.5 Å². The SMILES string of the molecule is CC(C)(C)Cn1cnc2cc(Nc3ncc(Cl)c(NC4CCN(c5ccc(C#N)cn5)CC4)n3)ccc21. The highest BCUT2D eigenvalue weighted by atomic mass is 35.5. The first kappa shape index (κ1) is 24.8. The summed E-state index contributed by atoms with van der Waals surface area (Å²) in [4.78, 5) is 20.2. The van der Waals surface area contributed by atoms with Crippen LogP contribution in [0.25, 0.3) is 11.0 Å². The van der Waals surface area contributed by atoms with Gasteiger partial charge in [-0.3, -0.25) is 0 Å². The maximum atomic E-state index is 8.97. The minimum atomic E-state index is 0.169. The summed E-state index contributed by atoms with van der Waals surface area (Å²) in [6.45, 7) is 9.25. The second-order valence-electron chi connectivity index (χ2n) is 10.6. The van der Waals surface area contributed by atoms with Gasteiger partial charge in [0, 0.05) is 37.6 Å². The minimum Gasteiger partial charge on any atom is -0.366 e. The van der Waals surface area contributed by atoms with Gasteiger partial charge < -0.3 is 20.1 Å². The summed E-state index contributed by atoms with van der Waals surface area (Å²) in [5.41, 5.74) is 3.62. The van der Waals surface area contributed by atoms with E-state index in [0.717, 1.165) is 55.0 Å². The van der Waals surface area contributed by atoms with Gasteiger partial charge in [0.2, 0.25) is 5.95 Å². The molecular weight excluding hydrogens is 486 g/mol. The lowest BCUT2D eigenvalue weighted by Crippen LogP contribution is -2.39. The van der Waals surface area contributed by atoms with Gasteiger partial charge in [-0.1, -0.05) is 32.4 Å². The van der Waals surface area contributed by atoms with Crippen LogP contribution in [0.4, 0.5) is 23.3 Å². The number of fused-ring (bicyclic) bond motifs is 1. The first-order valence-corrected chi connectivity index (χ1v) is 12.8. The molecule has 1 aromatic carbocycles. The van der Waals surface area contributed by atoms with Crippen LogP contribution in [-0.4, -0.2) is 43.6 Å². The van der Waals surface area contributed by atoms with E-state index in [1.165, 1.54) is 0 Å². The Morgan fingerprint density at radius 2 is 1.89 bits per heavy atom. The van der Waals surface area contributed by atoms with Crippen molar-refractivity contribution in [2.75, 3.05) is 28.6 Å². The molecule has 0 bridgehead atoms. The molecule has 5 rings (SSSR count). The smallest absolute Gasteiger partial charge is 0.229 e. The number of hydrogen-bond acceptors (Lipinski definition) is 8. The van der Waals surface area contributed by atoms with E-state index in [0.29, 0.717) is 22.4 Å². The van der Waals surface area contributed by atoms with Gasteiger partial charge in [-0.25, -0.2) is 15.0 Å². The Balaban J connectivity index is 1.23. The quantitative estimate of drug-likeness (QED) is 0.341. The molecule has 9 nitrogen and oxygen atoms in total. The first-order chi connectivity index (χ1) is 17.8. The molecule has 0 radical (unpaired) electrons. The maximum absolute atomic E-state index is 8.97. The molecule has 2 N–H and O–H groups in total. The van der Waals surface area contributed by atoms with E-state index in [1.54, 1.807) is 18.5 Å². The van der Waals surface area contributed by atoms with Gasteiger partial charge in [0.25, 0.3) is 0 Å². The van der Waals surface area contributed by atoms with Crippen LogP contribution in [0.2, 0.25) is 5.02 Å². The fourth-order valence-corrected chi connectivity index (χ4v) is 4.67. The fraction of sp³-hybridized carbons (Fsp3) is 0.370. The van der Waals surface area contributed by atoms with Gasteiger partial charge in [-0.15, -0.1) is 0 Å². The molecule has 0 amide bonds. The summed E-state index contributed by atoms with van der Waals surface area (Å²) in [6, 6.07) is 12.1. The van der Waals surface area contributed by atoms with Crippen molar-refractivity contribution in [3.8, 4) is 6.07 Å². The number of nitrogens with one attached hydrogen (secondary N) is 2. The highest BCUT2D eigenvalue weighted by molar-refractivity contribution is 6.32. The lowest BCUT2D eigenvalue weighted by atomic mass is 9.97. The Labute approximate surface area is 221 Å². The Morgan fingerprint density at radius 1 is 1.08 bits per heavy atom. The molecule has 3 aromatic heterocycles. The number of anilines is 4. The maximum Gasteiger partial charge on any atom is 0.229 e. The molecule has 37 heavy (non-hydrogen) atoms. The summed E-state index contributed by atoms with van der Waals surface area (Å²) >= 11 is 6.43. The van der Waals surface area contributed by atoms with Crippen molar-refractivity contribution in [3.05, 3.63) is 59.6 Å². The molecule has 0 spiro atoms. The third kappa shape index (κ3) is 5.92. The Bertz CT molecular complexity index is 1430. The van der Waals surface area contributed by atoms with Crippen LogP contribution in [-0.2, 0) is 6.54 Å². The predicted octanol–water partition coefficient (Wildman–Crippen LogP) is 5.62. The number of nitriles is 1. The molecule has 1 aliphatic heterocycles. The molecule has 0 saturated carbocycles. The number of imidazole rings is 1. The second kappa shape index (κ2) is 10.2. The summed E-state index contributed by atoms with van der Waals surface area (Å²) in [6.07, 6.45) is 6.95. The number of piperidine rings is 1. The third-order valence-electron chi connectivity index (χ3n) is 6.30. The van der Waals surface area contributed by atoms with Gasteiger partial charge in [0.1, 0.15) is 16.9 Å². The van der Waals surface area contributed by atoms with Crippen LogP contribution in [0.15, 0.2) is 49.1 Å². The summed E-state index contributed by atoms with van der Waals surface area (Å²) in [7, 11) is 0. The molecule has 4 aromatic rings. The molecule has 190 valence electrons. The average molecular weight is 516 g/mol. The number of nitrogens with zero attached hydrogens (tertiary/aromatic N) is 7. The number of aromatic nitrogens is 5. The first-order valence-electron chi connectivity index (χ1n) is 12.4. The van der Waals surface area contributed by atoms with E-state index in [9.17, 15) is 0 Å². The number of hydrogen-bond donors (Lipinski definition) is 2. The Morgan fingerprint density at radius 3 is 2.59 bits per heavy atom. The van der Waals surface area contributed by atoms with E-state index < -0.39 is 0 Å². The van der Waals surface area contributed by atoms with Crippen LogP contribution in [0.5, 0.6) is 0 Å². The van der Waals surface area contributed by atoms with E-state index >= 15 is 0 Å². The van der Waals surface area contributed by atoms with Crippen LogP contribution >= 0.6 is 11.6 Å². The van der Waals surface area contributed by atoms with E-state index in [1.807, 2.05) is 24.5 Å². The molecule has 1 saturated heterocycles. The molecule has 10 heteroatoms. The van der Waals surface area contributed by atoms with Crippen molar-refractivity contribution in [1.82, 2.24) is 24.5 Å². The van der Waals surface area contributed by atoms with E-state index in [2.05, 4.69) is 72.9 Å². The largest absolute Gasteiger partial charge is 0.366 e. The van der Waals surface area contributed by atoms with E-state index in [4.69, 9.17) is 16.9 Å². The third-order valence-corrected chi connectivity index (χ3v) is 6.58. The second-order valence-corrected chi connectivity index (χ2v) is 11.0. The molecule has 1 fully saturated rings. The summed E-state index contributed by atoms with van der Waals surface area (Å²) in [5, 5.41) is 16.2. The van der Waals surface area contributed by atoms with Crippen LogP contribution in [0.3, 0.4) is 0 Å². The predicted molar refractivity (Wildman–Crippen MR) is 147 cm³/mol. The standard InChI is InChI=1S/C27H30ClN9/c1-27(2,3)16-37-17-32-22-12-20(5-6-23(22)37)34-26-31-15-21(28)25(35-26)33-19-8-10-36(11-9-19)24-7-4-18(13-29)14-30-24/h4-7,12,14-15,17,19H,8-11,16H2,1-3H3,(H2,31,33,34,35). The number of halogens is 1. The molecule has 4 heterocycles. The van der Waals surface area contributed by atoms with Crippen LogP contribution in [0.1, 0.15) is 39.2 Å².